The highest BCUT2D eigenvalue weighted by atomic mass is 19.1. The second-order valence-corrected chi connectivity index (χ2v) is 4.29. The Balaban J connectivity index is 2.08. The first-order chi connectivity index (χ1) is 8.63. The maximum Gasteiger partial charge on any atom is 0.222 e. The Hall–Kier alpha value is -1.65. The van der Waals surface area contributed by atoms with Gasteiger partial charge in [-0.25, -0.2) is 8.78 Å². The van der Waals surface area contributed by atoms with E-state index in [2.05, 4.69) is 0 Å². The molecule has 0 aliphatic carbocycles. The van der Waals surface area contributed by atoms with Crippen molar-refractivity contribution in [2.45, 2.75) is 13.3 Å². The minimum Gasteiger partial charge on any atom is -0.363 e. The molecular weight excluding hydrogens is 238 g/mol. The van der Waals surface area contributed by atoms with Gasteiger partial charge < -0.3 is 9.80 Å². The van der Waals surface area contributed by atoms with Gasteiger partial charge in [0.15, 0.2) is 0 Å². The van der Waals surface area contributed by atoms with Crippen LogP contribution in [0.15, 0.2) is 18.2 Å². The van der Waals surface area contributed by atoms with Crippen LogP contribution in [-0.2, 0) is 4.79 Å². The normalized spacial score (nSPS) is 15.9. The molecule has 5 heteroatoms. The summed E-state index contributed by atoms with van der Waals surface area (Å²) >= 11 is 0. The van der Waals surface area contributed by atoms with E-state index in [4.69, 9.17) is 0 Å². The molecule has 0 bridgehead atoms. The molecule has 0 atom stereocenters. The molecule has 1 heterocycles. The molecule has 98 valence electrons. The average molecular weight is 254 g/mol. The quantitative estimate of drug-likeness (QED) is 0.806. The summed E-state index contributed by atoms with van der Waals surface area (Å²) in [4.78, 5) is 14.9. The minimum absolute atomic E-state index is 0.0149. The zero-order valence-corrected chi connectivity index (χ0v) is 10.3. The fourth-order valence-electron chi connectivity index (χ4n) is 2.19. The zero-order valence-electron chi connectivity index (χ0n) is 10.3. The minimum atomic E-state index is -0.551. The number of piperazine rings is 1. The highest BCUT2D eigenvalue weighted by molar-refractivity contribution is 5.76. The summed E-state index contributed by atoms with van der Waals surface area (Å²) < 4.78 is 27.2. The fraction of sp³-hybridized carbons (Fsp3) is 0.462. The Labute approximate surface area is 105 Å². The van der Waals surface area contributed by atoms with E-state index in [-0.39, 0.29) is 11.6 Å². The van der Waals surface area contributed by atoms with Crippen molar-refractivity contribution in [1.29, 1.82) is 0 Å². The molecule has 3 nitrogen and oxygen atoms in total. The van der Waals surface area contributed by atoms with Gasteiger partial charge in [-0.3, -0.25) is 4.79 Å². The first-order valence-electron chi connectivity index (χ1n) is 6.10. The number of benzene rings is 1. The second-order valence-electron chi connectivity index (χ2n) is 4.29. The molecule has 1 aromatic carbocycles. The summed E-state index contributed by atoms with van der Waals surface area (Å²) in [5, 5.41) is 0. The van der Waals surface area contributed by atoms with Crippen LogP contribution in [0, 0.1) is 11.6 Å². The van der Waals surface area contributed by atoms with Crippen molar-refractivity contribution in [2.24, 2.45) is 0 Å². The standard InChI is InChI=1S/C13H16F2N2O/c1-2-12(18)16-6-8-17(9-7-16)13-10(14)4-3-5-11(13)15/h3-5H,2,6-9H2,1H3. The van der Waals surface area contributed by atoms with Gasteiger partial charge in [-0.15, -0.1) is 0 Å². The topological polar surface area (TPSA) is 23.6 Å². The Morgan fingerprint density at radius 1 is 1.17 bits per heavy atom. The molecule has 0 radical (unpaired) electrons. The first kappa shape index (κ1) is 12.8. The molecule has 0 N–H and O–H groups in total. The van der Waals surface area contributed by atoms with E-state index >= 15 is 0 Å². The summed E-state index contributed by atoms with van der Waals surface area (Å²) in [6.07, 6.45) is 0.466. The maximum atomic E-state index is 13.6. The van der Waals surface area contributed by atoms with Gasteiger partial charge in [0.1, 0.15) is 17.3 Å². The average Bonchev–Trinajstić information content (AvgIpc) is 2.38. The summed E-state index contributed by atoms with van der Waals surface area (Å²) in [5.41, 5.74) is 0.0149. The Morgan fingerprint density at radius 2 is 1.72 bits per heavy atom. The predicted molar refractivity (Wildman–Crippen MR) is 65.4 cm³/mol. The van der Waals surface area contributed by atoms with Crippen molar-refractivity contribution in [3.05, 3.63) is 29.8 Å². The summed E-state index contributed by atoms with van der Waals surface area (Å²) in [7, 11) is 0. The van der Waals surface area contributed by atoms with Crippen molar-refractivity contribution in [1.82, 2.24) is 4.90 Å². The van der Waals surface area contributed by atoms with E-state index < -0.39 is 11.6 Å². The lowest BCUT2D eigenvalue weighted by Crippen LogP contribution is -2.49. The van der Waals surface area contributed by atoms with Gasteiger partial charge in [-0.05, 0) is 12.1 Å². The molecule has 0 spiro atoms. The maximum absolute atomic E-state index is 13.6. The largest absolute Gasteiger partial charge is 0.363 e. The molecule has 1 aliphatic heterocycles. The van der Waals surface area contributed by atoms with E-state index in [0.717, 1.165) is 0 Å². The summed E-state index contributed by atoms with van der Waals surface area (Å²) in [6, 6.07) is 3.86. The molecule has 0 aromatic heterocycles. The highest BCUT2D eigenvalue weighted by Gasteiger charge is 2.23. The molecule has 1 saturated heterocycles. The van der Waals surface area contributed by atoms with Crippen LogP contribution in [-0.4, -0.2) is 37.0 Å². The van der Waals surface area contributed by atoms with Crippen LogP contribution < -0.4 is 4.90 Å². The summed E-state index contributed by atoms with van der Waals surface area (Å²) in [5.74, 6) is -1.01. The van der Waals surface area contributed by atoms with Gasteiger partial charge in [0.25, 0.3) is 0 Å². The molecule has 1 aliphatic rings. The van der Waals surface area contributed by atoms with Crippen molar-refractivity contribution < 1.29 is 13.6 Å². The monoisotopic (exact) mass is 254 g/mol. The molecular formula is C13H16F2N2O. The van der Waals surface area contributed by atoms with Gasteiger partial charge >= 0.3 is 0 Å². The second kappa shape index (κ2) is 5.33. The Kier molecular flexibility index (Phi) is 3.79. The highest BCUT2D eigenvalue weighted by Crippen LogP contribution is 2.24. The Morgan fingerprint density at radius 3 is 2.22 bits per heavy atom. The SMILES string of the molecule is CCC(=O)N1CCN(c2c(F)cccc2F)CC1. The summed E-state index contributed by atoms with van der Waals surface area (Å²) in [6.45, 7) is 3.76. The molecule has 0 unspecified atom stereocenters. The van der Waals surface area contributed by atoms with Crippen molar-refractivity contribution in [2.75, 3.05) is 31.1 Å². The third-order valence-electron chi connectivity index (χ3n) is 3.19. The smallest absolute Gasteiger partial charge is 0.222 e. The number of carbonyl (C=O) groups excluding carboxylic acids is 1. The third-order valence-corrected chi connectivity index (χ3v) is 3.19. The molecule has 0 saturated carbocycles. The van der Waals surface area contributed by atoms with Crippen LogP contribution in [0.5, 0.6) is 0 Å². The van der Waals surface area contributed by atoms with Crippen molar-refractivity contribution in [3.63, 3.8) is 0 Å². The first-order valence-corrected chi connectivity index (χ1v) is 6.10. The van der Waals surface area contributed by atoms with Crippen molar-refractivity contribution in [3.8, 4) is 0 Å². The number of carbonyl (C=O) groups is 1. The number of amides is 1. The van der Waals surface area contributed by atoms with Gasteiger partial charge in [-0.1, -0.05) is 13.0 Å². The lowest BCUT2D eigenvalue weighted by molar-refractivity contribution is -0.131. The van der Waals surface area contributed by atoms with Gasteiger partial charge in [-0.2, -0.15) is 0 Å². The third kappa shape index (κ3) is 2.44. The lowest BCUT2D eigenvalue weighted by atomic mass is 10.2. The number of rotatable bonds is 2. The van der Waals surface area contributed by atoms with Crippen LogP contribution in [0.1, 0.15) is 13.3 Å². The van der Waals surface area contributed by atoms with Gasteiger partial charge in [0, 0.05) is 32.6 Å². The molecule has 1 aromatic rings. The molecule has 2 rings (SSSR count). The van der Waals surface area contributed by atoms with E-state index in [1.807, 2.05) is 6.92 Å². The molecule has 1 amide bonds. The van der Waals surface area contributed by atoms with E-state index in [1.165, 1.54) is 18.2 Å². The predicted octanol–water partition coefficient (Wildman–Crippen LogP) is 2.02. The zero-order chi connectivity index (χ0) is 13.1. The van der Waals surface area contributed by atoms with Gasteiger partial charge in [0.05, 0.1) is 0 Å². The van der Waals surface area contributed by atoms with Crippen LogP contribution in [0.4, 0.5) is 14.5 Å². The number of anilines is 1. The van der Waals surface area contributed by atoms with Crippen LogP contribution >= 0.6 is 0 Å². The Bertz CT molecular complexity index is 422. The van der Waals surface area contributed by atoms with Crippen molar-refractivity contribution >= 4 is 11.6 Å². The fourth-order valence-corrected chi connectivity index (χ4v) is 2.19. The number of nitrogens with zero attached hydrogens (tertiary/aromatic N) is 2. The van der Waals surface area contributed by atoms with Crippen LogP contribution in [0.25, 0.3) is 0 Å². The van der Waals surface area contributed by atoms with E-state index in [0.29, 0.717) is 32.6 Å². The van der Waals surface area contributed by atoms with Crippen LogP contribution in [0.2, 0.25) is 0 Å². The van der Waals surface area contributed by atoms with E-state index in [9.17, 15) is 13.6 Å². The number of halogens is 2. The van der Waals surface area contributed by atoms with Crippen LogP contribution in [0.3, 0.4) is 0 Å². The molecule has 18 heavy (non-hydrogen) atoms. The number of hydrogen-bond donors (Lipinski definition) is 0. The number of hydrogen-bond acceptors (Lipinski definition) is 2. The van der Waals surface area contributed by atoms with E-state index in [1.54, 1.807) is 9.80 Å². The van der Waals surface area contributed by atoms with Gasteiger partial charge in [0.2, 0.25) is 5.91 Å². The lowest BCUT2D eigenvalue weighted by Gasteiger charge is -2.36. The molecule has 1 fully saturated rings. The number of para-hydroxylation sites is 1.